The van der Waals surface area contributed by atoms with Crippen LogP contribution in [0.15, 0.2) is 17.5 Å². The molecule has 0 amide bonds. The molecule has 0 aromatic carbocycles. The number of rotatable bonds is 2. The summed E-state index contributed by atoms with van der Waals surface area (Å²) in [4.78, 5) is 4.37. The highest BCUT2D eigenvalue weighted by Crippen LogP contribution is 2.44. The van der Waals surface area contributed by atoms with Crippen molar-refractivity contribution in [2.75, 3.05) is 26.2 Å². The molecular weight excluding hydrogens is 228 g/mol. The topological polar surface area (TPSA) is 15.3 Å². The fraction of sp³-hybridized carbons (Fsp3) is 0.714. The normalized spacial score (nSPS) is 25.9. The summed E-state index contributed by atoms with van der Waals surface area (Å²) in [5, 5.41) is 5.72. The van der Waals surface area contributed by atoms with Crippen molar-refractivity contribution in [2.24, 2.45) is 0 Å². The average Bonchev–Trinajstić information content (AvgIpc) is 2.95. The molecule has 0 unspecified atom stereocenters. The Morgan fingerprint density at radius 1 is 1.12 bits per heavy atom. The molecule has 1 saturated heterocycles. The number of nitrogens with zero attached hydrogens (tertiary/aromatic N) is 1. The van der Waals surface area contributed by atoms with Crippen LogP contribution in [0.1, 0.15) is 37.0 Å². The standard InChI is InChI=1S/C14H22N2S/c1-2-6-14(7-3-1,13-5-4-12-17-13)16-10-8-15-9-11-16/h4-5,12,15H,1-3,6-11H2. The second-order valence-electron chi connectivity index (χ2n) is 5.31. The highest BCUT2D eigenvalue weighted by atomic mass is 32.1. The van der Waals surface area contributed by atoms with Gasteiger partial charge in [-0.15, -0.1) is 11.3 Å². The Balaban J connectivity index is 1.89. The second-order valence-corrected chi connectivity index (χ2v) is 6.25. The summed E-state index contributed by atoms with van der Waals surface area (Å²) in [6, 6.07) is 4.58. The SMILES string of the molecule is c1csc(C2(N3CCNCC3)CCCCC2)c1. The molecule has 3 heteroatoms. The van der Waals surface area contributed by atoms with E-state index in [-0.39, 0.29) is 0 Å². The van der Waals surface area contributed by atoms with Crippen LogP contribution in [0.4, 0.5) is 0 Å². The smallest absolute Gasteiger partial charge is 0.0554 e. The largest absolute Gasteiger partial charge is 0.314 e. The molecular formula is C14H22N2S. The van der Waals surface area contributed by atoms with Crippen molar-refractivity contribution in [3.8, 4) is 0 Å². The van der Waals surface area contributed by atoms with Crippen LogP contribution in [0.25, 0.3) is 0 Å². The third-order valence-corrected chi connectivity index (χ3v) is 5.45. The Labute approximate surface area is 108 Å². The van der Waals surface area contributed by atoms with Crippen LogP contribution in [-0.4, -0.2) is 31.1 Å². The lowest BCUT2D eigenvalue weighted by molar-refractivity contribution is 0.0391. The quantitative estimate of drug-likeness (QED) is 0.868. The Kier molecular flexibility index (Phi) is 3.50. The molecule has 0 radical (unpaired) electrons. The number of piperazine rings is 1. The summed E-state index contributed by atoms with van der Waals surface area (Å²) in [7, 11) is 0. The Hall–Kier alpha value is -0.380. The van der Waals surface area contributed by atoms with Crippen LogP contribution in [0.5, 0.6) is 0 Å². The zero-order valence-electron chi connectivity index (χ0n) is 10.5. The fourth-order valence-corrected chi connectivity index (χ4v) is 4.50. The monoisotopic (exact) mass is 250 g/mol. The van der Waals surface area contributed by atoms with E-state index >= 15 is 0 Å². The third-order valence-electron chi connectivity index (χ3n) is 4.38. The summed E-state index contributed by atoms with van der Waals surface area (Å²) in [6.45, 7) is 4.76. The summed E-state index contributed by atoms with van der Waals surface area (Å²) in [5.41, 5.74) is 0.383. The van der Waals surface area contributed by atoms with Crippen LogP contribution in [0.3, 0.4) is 0 Å². The minimum absolute atomic E-state index is 0.383. The molecule has 1 aromatic heterocycles. The maximum absolute atomic E-state index is 3.48. The van der Waals surface area contributed by atoms with E-state index in [1.807, 2.05) is 11.3 Å². The molecule has 0 bridgehead atoms. The molecule has 2 aliphatic rings. The molecule has 1 aliphatic carbocycles. The number of thiophene rings is 1. The summed E-state index contributed by atoms with van der Waals surface area (Å²) in [5.74, 6) is 0. The van der Waals surface area contributed by atoms with E-state index in [1.54, 1.807) is 4.88 Å². The summed E-state index contributed by atoms with van der Waals surface area (Å²) >= 11 is 1.96. The third kappa shape index (κ3) is 2.16. The lowest BCUT2D eigenvalue weighted by Crippen LogP contribution is -2.54. The molecule has 0 atom stereocenters. The van der Waals surface area contributed by atoms with Crippen LogP contribution < -0.4 is 5.32 Å². The van der Waals surface area contributed by atoms with E-state index in [9.17, 15) is 0 Å². The average molecular weight is 250 g/mol. The zero-order chi connectivity index (χ0) is 11.6. The maximum Gasteiger partial charge on any atom is 0.0554 e. The number of hydrogen-bond acceptors (Lipinski definition) is 3. The molecule has 2 nitrogen and oxygen atoms in total. The highest BCUT2D eigenvalue weighted by Gasteiger charge is 2.40. The van der Waals surface area contributed by atoms with Gasteiger partial charge >= 0.3 is 0 Å². The van der Waals surface area contributed by atoms with Crippen molar-refractivity contribution < 1.29 is 0 Å². The minimum atomic E-state index is 0.383. The van der Waals surface area contributed by atoms with Gasteiger partial charge in [0.2, 0.25) is 0 Å². The van der Waals surface area contributed by atoms with Gasteiger partial charge in [0.25, 0.3) is 0 Å². The Morgan fingerprint density at radius 3 is 2.53 bits per heavy atom. The van der Waals surface area contributed by atoms with Gasteiger partial charge < -0.3 is 5.32 Å². The number of hydrogen-bond donors (Lipinski definition) is 1. The highest BCUT2D eigenvalue weighted by molar-refractivity contribution is 7.10. The van der Waals surface area contributed by atoms with Gasteiger partial charge in [-0.1, -0.05) is 25.3 Å². The van der Waals surface area contributed by atoms with Gasteiger partial charge in [0.05, 0.1) is 5.54 Å². The maximum atomic E-state index is 3.48. The molecule has 2 fully saturated rings. The Bertz CT molecular complexity index is 335. The molecule has 1 aromatic rings. The molecule has 2 heterocycles. The van der Waals surface area contributed by atoms with Crippen LogP contribution in [-0.2, 0) is 5.54 Å². The van der Waals surface area contributed by atoms with Crippen LogP contribution in [0.2, 0.25) is 0 Å². The predicted octanol–water partition coefficient (Wildman–Crippen LogP) is 2.81. The van der Waals surface area contributed by atoms with Gasteiger partial charge in [0.15, 0.2) is 0 Å². The number of nitrogens with one attached hydrogen (secondary N) is 1. The van der Waals surface area contributed by atoms with Crippen molar-refractivity contribution >= 4 is 11.3 Å². The lowest BCUT2D eigenvalue weighted by atomic mass is 9.78. The second kappa shape index (κ2) is 5.09. The molecule has 1 aliphatic heterocycles. The molecule has 1 saturated carbocycles. The van der Waals surface area contributed by atoms with Gasteiger partial charge in [-0.3, -0.25) is 4.90 Å². The van der Waals surface area contributed by atoms with Crippen molar-refractivity contribution in [3.63, 3.8) is 0 Å². The molecule has 0 spiro atoms. The first-order chi connectivity index (χ1) is 8.42. The first kappa shape index (κ1) is 11.7. The Morgan fingerprint density at radius 2 is 1.88 bits per heavy atom. The molecule has 17 heavy (non-hydrogen) atoms. The predicted molar refractivity (Wildman–Crippen MR) is 73.5 cm³/mol. The van der Waals surface area contributed by atoms with Crippen molar-refractivity contribution in [2.45, 2.75) is 37.6 Å². The summed E-state index contributed by atoms with van der Waals surface area (Å²) < 4.78 is 0. The van der Waals surface area contributed by atoms with Gasteiger partial charge in [0, 0.05) is 31.1 Å². The fourth-order valence-electron chi connectivity index (χ4n) is 3.49. The van der Waals surface area contributed by atoms with Gasteiger partial charge in [0.1, 0.15) is 0 Å². The van der Waals surface area contributed by atoms with E-state index < -0.39 is 0 Å². The first-order valence-corrected chi connectivity index (χ1v) is 7.80. The van der Waals surface area contributed by atoms with E-state index in [4.69, 9.17) is 0 Å². The van der Waals surface area contributed by atoms with E-state index in [1.165, 1.54) is 45.2 Å². The van der Waals surface area contributed by atoms with Gasteiger partial charge in [-0.25, -0.2) is 0 Å². The lowest BCUT2D eigenvalue weighted by Gasteiger charge is -2.48. The van der Waals surface area contributed by atoms with Crippen molar-refractivity contribution in [3.05, 3.63) is 22.4 Å². The first-order valence-electron chi connectivity index (χ1n) is 6.92. The van der Waals surface area contributed by atoms with Gasteiger partial charge in [-0.05, 0) is 24.3 Å². The molecule has 3 rings (SSSR count). The van der Waals surface area contributed by atoms with Crippen molar-refractivity contribution in [1.82, 2.24) is 10.2 Å². The van der Waals surface area contributed by atoms with Crippen LogP contribution in [0, 0.1) is 0 Å². The van der Waals surface area contributed by atoms with E-state index in [0.29, 0.717) is 5.54 Å². The molecule has 94 valence electrons. The van der Waals surface area contributed by atoms with E-state index in [0.717, 1.165) is 13.1 Å². The zero-order valence-corrected chi connectivity index (χ0v) is 11.3. The minimum Gasteiger partial charge on any atom is -0.314 e. The summed E-state index contributed by atoms with van der Waals surface area (Å²) in [6.07, 6.45) is 6.98. The van der Waals surface area contributed by atoms with Gasteiger partial charge in [-0.2, -0.15) is 0 Å². The van der Waals surface area contributed by atoms with Crippen molar-refractivity contribution in [1.29, 1.82) is 0 Å². The van der Waals surface area contributed by atoms with Crippen LogP contribution >= 0.6 is 11.3 Å². The molecule has 1 N–H and O–H groups in total. The van der Waals surface area contributed by atoms with E-state index in [2.05, 4.69) is 27.7 Å².